The van der Waals surface area contributed by atoms with Crippen LogP contribution in [0.1, 0.15) is 29.7 Å². The Bertz CT molecular complexity index is 1200. The number of carbonyl (C=O) groups excluding carboxylic acids is 1. The summed E-state index contributed by atoms with van der Waals surface area (Å²) < 4.78 is 41.5. The number of hydrogen-bond acceptors (Lipinski definition) is 6. The van der Waals surface area contributed by atoms with E-state index in [9.17, 15) is 18.0 Å². The number of amides is 1. The van der Waals surface area contributed by atoms with E-state index >= 15 is 0 Å². The van der Waals surface area contributed by atoms with Crippen LogP contribution in [0.2, 0.25) is 0 Å². The fourth-order valence-corrected chi connectivity index (χ4v) is 4.14. The van der Waals surface area contributed by atoms with E-state index in [1.54, 1.807) is 12.4 Å². The minimum absolute atomic E-state index is 0. The Hall–Kier alpha value is -3.28. The van der Waals surface area contributed by atoms with Gasteiger partial charge in [0.2, 0.25) is 11.9 Å². The minimum atomic E-state index is -1.49. The molecular formula is C21H22F3N7OS. The predicted molar refractivity (Wildman–Crippen MR) is 121 cm³/mol. The fraction of sp³-hybridized carbons (Fsp3) is 0.333. The van der Waals surface area contributed by atoms with Crippen LogP contribution in [-0.2, 0) is 17.9 Å². The molecule has 12 heteroatoms. The van der Waals surface area contributed by atoms with Gasteiger partial charge in [0.15, 0.2) is 23.3 Å². The number of aryl methyl sites for hydroxylation is 1. The quantitative estimate of drug-likeness (QED) is 0.549. The van der Waals surface area contributed by atoms with Crippen LogP contribution in [0, 0.1) is 24.4 Å². The van der Waals surface area contributed by atoms with Gasteiger partial charge in [-0.05, 0) is 37.5 Å². The fourth-order valence-electron chi connectivity index (χ4n) is 4.14. The van der Waals surface area contributed by atoms with Gasteiger partial charge in [0.1, 0.15) is 11.7 Å². The monoisotopic (exact) mass is 477 g/mol. The van der Waals surface area contributed by atoms with Gasteiger partial charge in [0.25, 0.3) is 0 Å². The molecule has 3 aromatic rings. The highest BCUT2D eigenvalue weighted by molar-refractivity contribution is 7.59. The molecule has 0 aliphatic carbocycles. The Morgan fingerprint density at radius 2 is 1.94 bits per heavy atom. The van der Waals surface area contributed by atoms with Gasteiger partial charge in [0, 0.05) is 24.8 Å². The molecule has 5 rings (SSSR count). The summed E-state index contributed by atoms with van der Waals surface area (Å²) >= 11 is 0. The molecule has 2 aliphatic heterocycles. The van der Waals surface area contributed by atoms with Crippen LogP contribution in [0.5, 0.6) is 0 Å². The second kappa shape index (κ2) is 8.93. The zero-order valence-corrected chi connectivity index (χ0v) is 18.7. The number of rotatable bonds is 5. The first kappa shape index (κ1) is 22.9. The second-order valence-corrected chi connectivity index (χ2v) is 7.95. The van der Waals surface area contributed by atoms with Crippen molar-refractivity contribution in [3.63, 3.8) is 0 Å². The first-order valence-corrected chi connectivity index (χ1v) is 10.2. The summed E-state index contributed by atoms with van der Waals surface area (Å²) in [6, 6.07) is 1.71. The lowest BCUT2D eigenvalue weighted by Gasteiger charge is -2.32. The molecule has 1 aromatic carbocycles. The van der Waals surface area contributed by atoms with Crippen molar-refractivity contribution in [2.45, 2.75) is 38.9 Å². The van der Waals surface area contributed by atoms with Crippen molar-refractivity contribution in [2.75, 3.05) is 22.1 Å². The molecule has 0 spiro atoms. The molecule has 2 N–H and O–H groups in total. The number of benzene rings is 1. The van der Waals surface area contributed by atoms with Crippen LogP contribution in [0.3, 0.4) is 0 Å². The Morgan fingerprint density at radius 1 is 1.18 bits per heavy atom. The van der Waals surface area contributed by atoms with Crippen LogP contribution in [0.4, 0.5) is 30.6 Å². The number of carbonyl (C=O) groups is 1. The minimum Gasteiger partial charge on any atom is -0.350 e. The molecule has 0 bridgehead atoms. The Balaban J connectivity index is 0.00000259. The third kappa shape index (κ3) is 4.34. The summed E-state index contributed by atoms with van der Waals surface area (Å²) in [6.07, 6.45) is 5.07. The van der Waals surface area contributed by atoms with Gasteiger partial charge in [-0.25, -0.2) is 18.2 Å². The predicted octanol–water partition coefficient (Wildman–Crippen LogP) is 3.09. The van der Waals surface area contributed by atoms with E-state index in [0.29, 0.717) is 23.9 Å². The number of nitrogens with zero attached hydrogens (tertiary/aromatic N) is 5. The summed E-state index contributed by atoms with van der Waals surface area (Å²) in [7, 11) is 0. The van der Waals surface area contributed by atoms with Crippen molar-refractivity contribution in [3.8, 4) is 0 Å². The van der Waals surface area contributed by atoms with Gasteiger partial charge in [-0.1, -0.05) is 0 Å². The van der Waals surface area contributed by atoms with E-state index in [4.69, 9.17) is 0 Å². The van der Waals surface area contributed by atoms with E-state index in [2.05, 4.69) is 25.7 Å². The smallest absolute Gasteiger partial charge is 0.247 e. The Labute approximate surface area is 194 Å². The van der Waals surface area contributed by atoms with Crippen LogP contribution in [-0.4, -0.2) is 38.2 Å². The first-order valence-electron chi connectivity index (χ1n) is 10.2. The van der Waals surface area contributed by atoms with Crippen LogP contribution in [0.15, 0.2) is 24.5 Å². The zero-order chi connectivity index (χ0) is 22.4. The molecule has 1 saturated heterocycles. The summed E-state index contributed by atoms with van der Waals surface area (Å²) in [5.74, 6) is -2.82. The Morgan fingerprint density at radius 3 is 2.70 bits per heavy atom. The van der Waals surface area contributed by atoms with Crippen LogP contribution < -0.4 is 15.5 Å². The maximum atomic E-state index is 13.4. The number of aromatic nitrogens is 4. The van der Waals surface area contributed by atoms with Gasteiger partial charge in [-0.2, -0.15) is 23.6 Å². The van der Waals surface area contributed by atoms with Crippen LogP contribution >= 0.6 is 13.5 Å². The third-order valence-corrected chi connectivity index (χ3v) is 5.67. The second-order valence-electron chi connectivity index (χ2n) is 7.95. The van der Waals surface area contributed by atoms with E-state index < -0.39 is 17.5 Å². The van der Waals surface area contributed by atoms with Crippen molar-refractivity contribution < 1.29 is 18.0 Å². The van der Waals surface area contributed by atoms with Crippen molar-refractivity contribution in [3.05, 3.63) is 58.8 Å². The number of anilines is 3. The summed E-state index contributed by atoms with van der Waals surface area (Å²) in [5, 5.41) is 10.3. The first-order chi connectivity index (χ1) is 15.4. The topological polar surface area (TPSA) is 88.0 Å². The molecule has 1 amide bonds. The number of halogens is 3. The molecule has 0 unspecified atom stereocenters. The Kier molecular flexibility index (Phi) is 6.19. The highest BCUT2D eigenvalue weighted by Crippen LogP contribution is 2.37. The lowest BCUT2D eigenvalue weighted by molar-refractivity contribution is -0.117. The van der Waals surface area contributed by atoms with E-state index in [1.165, 1.54) is 4.68 Å². The molecule has 1 fully saturated rings. The summed E-state index contributed by atoms with van der Waals surface area (Å²) in [5.41, 5.74) is 2.39. The molecular weight excluding hydrogens is 455 g/mol. The van der Waals surface area contributed by atoms with Gasteiger partial charge in [0.05, 0.1) is 18.4 Å². The number of fused-ring (bicyclic) bond motifs is 3. The molecule has 8 nitrogen and oxygen atoms in total. The van der Waals surface area contributed by atoms with Crippen LogP contribution in [0.25, 0.3) is 0 Å². The summed E-state index contributed by atoms with van der Waals surface area (Å²) in [4.78, 5) is 23.4. The largest absolute Gasteiger partial charge is 0.350 e. The maximum Gasteiger partial charge on any atom is 0.247 e. The van der Waals surface area contributed by atoms with Gasteiger partial charge in [-0.15, -0.1) is 0 Å². The van der Waals surface area contributed by atoms with Gasteiger partial charge in [-0.3, -0.25) is 9.48 Å². The highest BCUT2D eigenvalue weighted by Gasteiger charge is 2.38. The maximum absolute atomic E-state index is 13.4. The molecule has 4 heterocycles. The molecule has 0 radical (unpaired) electrons. The number of hydrogen-bond donors (Lipinski definition) is 2. The molecule has 2 aromatic heterocycles. The summed E-state index contributed by atoms with van der Waals surface area (Å²) in [6.45, 7) is 3.07. The molecule has 174 valence electrons. The molecule has 0 saturated carbocycles. The van der Waals surface area contributed by atoms with Crippen molar-refractivity contribution in [1.29, 1.82) is 0 Å². The average molecular weight is 478 g/mol. The SMILES string of the molecule is Cc1nc(NCc2cnn(Cc3cc(F)c(F)c(F)c3)c2)nc2c1NC(=O)[C@@H]1CCCN21.S. The van der Waals surface area contributed by atoms with Gasteiger partial charge >= 0.3 is 0 Å². The standard InChI is InChI=1S/C21H20F3N7O.H2S/c1-11-18-19(31-4-2-3-16(31)20(32)28-18)29-21(27-11)25-7-13-8-26-30(10-13)9-12-5-14(22)17(24)15(23)6-12;/h5-6,8,10,16H,2-4,7,9H2,1H3,(H,28,32)(H,25,27,29);1H2/t16-;/m0./s1. The molecule has 1 atom stereocenters. The van der Waals surface area contributed by atoms with E-state index in [0.717, 1.165) is 42.9 Å². The molecule has 33 heavy (non-hydrogen) atoms. The van der Waals surface area contributed by atoms with Crippen molar-refractivity contribution >= 4 is 36.9 Å². The zero-order valence-electron chi connectivity index (χ0n) is 17.7. The van der Waals surface area contributed by atoms with E-state index in [1.807, 2.05) is 11.8 Å². The van der Waals surface area contributed by atoms with Crippen molar-refractivity contribution in [2.24, 2.45) is 0 Å². The highest BCUT2D eigenvalue weighted by atomic mass is 32.1. The average Bonchev–Trinajstić information content (AvgIpc) is 3.42. The lowest BCUT2D eigenvalue weighted by atomic mass is 10.1. The lowest BCUT2D eigenvalue weighted by Crippen LogP contribution is -2.44. The van der Waals surface area contributed by atoms with Crippen molar-refractivity contribution in [1.82, 2.24) is 19.7 Å². The normalized spacial score (nSPS) is 16.7. The van der Waals surface area contributed by atoms with Gasteiger partial charge < -0.3 is 15.5 Å². The molecule has 2 aliphatic rings. The third-order valence-electron chi connectivity index (χ3n) is 5.67. The number of nitrogens with one attached hydrogen (secondary N) is 2. The van der Waals surface area contributed by atoms with E-state index in [-0.39, 0.29) is 37.6 Å².